The van der Waals surface area contributed by atoms with Crippen LogP contribution < -0.4 is 31.0 Å². The van der Waals surface area contributed by atoms with Crippen molar-refractivity contribution in [1.29, 1.82) is 0 Å². The third-order valence-electron chi connectivity index (χ3n) is 4.88. The Balaban J connectivity index is 1.77. The van der Waals surface area contributed by atoms with Crippen LogP contribution in [-0.2, 0) is 41.1 Å². The van der Waals surface area contributed by atoms with Gasteiger partial charge >= 0.3 is 0 Å². The SMILES string of the molecule is CNCCNC(=O)CO[C@H]1C(O)[C@@H](COP(=O)([O-])OP(=O)([O-])OP(=O)([O-])O)O[C@H]1n1cnc2c(N)ncnc21. The van der Waals surface area contributed by atoms with Crippen LogP contribution in [-0.4, -0.2) is 87.1 Å². The molecule has 1 saturated heterocycles. The van der Waals surface area contributed by atoms with Crippen molar-refractivity contribution >= 4 is 46.4 Å². The highest BCUT2D eigenvalue weighted by Gasteiger charge is 2.47. The highest BCUT2D eigenvalue weighted by molar-refractivity contribution is 7.65. The smallest absolute Gasteiger partial charge is 0.280 e. The fourth-order valence-electron chi connectivity index (χ4n) is 3.32. The van der Waals surface area contributed by atoms with Crippen molar-refractivity contribution in [2.45, 2.75) is 24.5 Å². The summed E-state index contributed by atoms with van der Waals surface area (Å²) in [4.78, 5) is 66.4. The van der Waals surface area contributed by atoms with Crippen molar-refractivity contribution in [2.24, 2.45) is 0 Å². The first kappa shape index (κ1) is 31.6. The number of nitrogens with two attached hydrogens (primary N) is 1. The van der Waals surface area contributed by atoms with Gasteiger partial charge in [-0.25, -0.2) is 23.6 Å². The number of aromatic nitrogens is 4. The minimum atomic E-state index is -6.13. The molecule has 6 N–H and O–H groups in total. The number of likely N-dealkylation sites (N-methyl/N-ethyl adjacent to an activating group) is 1. The van der Waals surface area contributed by atoms with E-state index in [4.69, 9.17) is 20.1 Å². The molecule has 0 aromatic carbocycles. The fourth-order valence-corrected chi connectivity index (χ4v) is 6.21. The van der Waals surface area contributed by atoms with E-state index in [1.165, 1.54) is 10.9 Å². The summed E-state index contributed by atoms with van der Waals surface area (Å²) in [5, 5.41) is 16.2. The highest BCUT2D eigenvalue weighted by Crippen LogP contribution is 2.61. The molecule has 7 atom stereocenters. The normalized spacial score (nSPS) is 26.1. The number of anilines is 1. The Morgan fingerprint density at radius 3 is 2.56 bits per heavy atom. The van der Waals surface area contributed by atoms with E-state index in [0.29, 0.717) is 6.54 Å². The molecule has 0 radical (unpaired) electrons. The zero-order valence-corrected chi connectivity index (χ0v) is 22.5. The van der Waals surface area contributed by atoms with Crippen molar-refractivity contribution in [3.05, 3.63) is 12.7 Å². The molecule has 0 aliphatic carbocycles. The van der Waals surface area contributed by atoms with Gasteiger partial charge in [0, 0.05) is 13.1 Å². The quantitative estimate of drug-likeness (QED) is 0.0990. The first-order chi connectivity index (χ1) is 18.1. The number of ether oxygens (including phenoxy) is 2. The van der Waals surface area contributed by atoms with Gasteiger partial charge in [-0.2, -0.15) is 0 Å². The molecule has 1 fully saturated rings. The largest absolute Gasteiger partial charge is 0.756 e. The van der Waals surface area contributed by atoms with E-state index < -0.39 is 67.1 Å². The lowest BCUT2D eigenvalue weighted by molar-refractivity contribution is -0.250. The standard InChI is InChI=1S/C15H26N7O14P3/c1-17-2-3-18-9(23)5-32-12-11(24)8(4-33-38(28,29)36-39(30,31)35-37(25,26)27)34-15(12)22-7-21-10-13(16)19-6-20-14(10)22/h6-8,11-12,15,17,24H,2-5H2,1H3,(H,18,23)(H,28,29)(H,30,31)(H2,16,19,20)(H2,25,26,27)/p-3/t8-,11?,12+,15-/m1/s1. The maximum Gasteiger partial charge on any atom is 0.280 e. The Morgan fingerprint density at radius 1 is 1.18 bits per heavy atom. The third kappa shape index (κ3) is 8.78. The molecule has 0 bridgehead atoms. The van der Waals surface area contributed by atoms with E-state index in [2.05, 4.69) is 38.7 Å². The van der Waals surface area contributed by atoms with E-state index in [1.54, 1.807) is 7.05 Å². The van der Waals surface area contributed by atoms with Gasteiger partial charge < -0.3 is 55.0 Å². The first-order valence-electron chi connectivity index (χ1n) is 10.6. The lowest BCUT2D eigenvalue weighted by Crippen LogP contribution is -2.39. The second-order valence-electron chi connectivity index (χ2n) is 7.69. The number of hydrogen-bond donors (Lipinski definition) is 5. The third-order valence-corrected chi connectivity index (χ3v) is 8.57. The summed E-state index contributed by atoms with van der Waals surface area (Å²) in [6, 6.07) is 0. The topological polar surface area (TPSA) is 318 Å². The van der Waals surface area contributed by atoms with E-state index in [1.807, 2.05) is 0 Å². The number of imidazole rings is 1. The molecule has 1 amide bonds. The molecule has 220 valence electrons. The second kappa shape index (κ2) is 12.7. The summed E-state index contributed by atoms with van der Waals surface area (Å²) in [6.45, 7) is -0.896. The molecule has 2 aromatic heterocycles. The molecule has 0 saturated carbocycles. The van der Waals surface area contributed by atoms with Crippen LogP contribution in [0.2, 0.25) is 0 Å². The monoisotopic (exact) mass is 618 g/mol. The minimum absolute atomic E-state index is 0.0118. The van der Waals surface area contributed by atoms with Crippen LogP contribution >= 0.6 is 23.5 Å². The van der Waals surface area contributed by atoms with Crippen molar-refractivity contribution in [3.63, 3.8) is 0 Å². The van der Waals surface area contributed by atoms with Crippen LogP contribution in [0.4, 0.5) is 5.82 Å². The van der Waals surface area contributed by atoms with Crippen LogP contribution in [0.5, 0.6) is 0 Å². The predicted molar refractivity (Wildman–Crippen MR) is 119 cm³/mol. The average Bonchev–Trinajstić information content (AvgIpc) is 3.36. The van der Waals surface area contributed by atoms with Gasteiger partial charge in [-0.15, -0.1) is 0 Å². The van der Waals surface area contributed by atoms with Crippen molar-refractivity contribution < 1.29 is 65.8 Å². The number of phosphoric ester groups is 1. The number of aliphatic hydroxyl groups excluding tert-OH is 1. The number of fused-ring (bicyclic) bond motifs is 1. The Bertz CT molecular complexity index is 1310. The van der Waals surface area contributed by atoms with Crippen LogP contribution in [0, 0.1) is 0 Å². The number of nitrogen functional groups attached to an aromatic ring is 1. The molecule has 2 aromatic rings. The van der Waals surface area contributed by atoms with E-state index >= 15 is 0 Å². The van der Waals surface area contributed by atoms with Crippen molar-refractivity contribution in [3.8, 4) is 0 Å². The number of aliphatic hydroxyl groups is 1. The van der Waals surface area contributed by atoms with E-state index in [9.17, 15) is 38.3 Å². The van der Waals surface area contributed by atoms with Gasteiger partial charge in [-0.3, -0.25) is 23.1 Å². The van der Waals surface area contributed by atoms with Gasteiger partial charge in [0.1, 0.15) is 36.8 Å². The number of rotatable bonds is 14. The van der Waals surface area contributed by atoms with E-state index in [-0.39, 0.29) is 23.5 Å². The molecule has 1 aliphatic heterocycles. The zero-order chi connectivity index (χ0) is 29.0. The van der Waals surface area contributed by atoms with Gasteiger partial charge in [-0.05, 0) is 7.05 Å². The van der Waals surface area contributed by atoms with Crippen molar-refractivity contribution in [2.75, 3.05) is 39.1 Å². The Kier molecular flexibility index (Phi) is 10.3. The Labute approximate surface area is 219 Å². The number of hydrogen-bond acceptors (Lipinski definition) is 18. The number of nitrogens with one attached hydrogen (secondary N) is 2. The zero-order valence-electron chi connectivity index (χ0n) is 19.8. The lowest BCUT2D eigenvalue weighted by atomic mass is 10.1. The van der Waals surface area contributed by atoms with Gasteiger partial charge in [-0.1, -0.05) is 0 Å². The molecule has 3 heterocycles. The molecule has 0 spiro atoms. The summed E-state index contributed by atoms with van der Waals surface area (Å²) >= 11 is 0. The molecule has 4 unspecified atom stereocenters. The van der Waals surface area contributed by atoms with E-state index in [0.717, 1.165) is 6.33 Å². The fraction of sp³-hybridized carbons (Fsp3) is 0.600. The molecule has 21 nitrogen and oxygen atoms in total. The van der Waals surface area contributed by atoms with Gasteiger partial charge in [0.05, 0.1) is 12.9 Å². The Morgan fingerprint density at radius 2 is 1.90 bits per heavy atom. The average molecular weight is 618 g/mol. The molecular formula is C15H23N7O14P3-3. The summed E-state index contributed by atoms with van der Waals surface area (Å²) in [7, 11) is -16.2. The molecule has 24 heteroatoms. The number of phosphoric acid groups is 3. The molecule has 1 aliphatic rings. The molecule has 3 rings (SSSR count). The summed E-state index contributed by atoms with van der Waals surface area (Å²) < 4.78 is 57.5. The molecule has 39 heavy (non-hydrogen) atoms. The first-order valence-corrected chi connectivity index (χ1v) is 15.1. The number of carbonyl (C=O) groups is 1. The van der Waals surface area contributed by atoms with Crippen molar-refractivity contribution in [1.82, 2.24) is 30.2 Å². The van der Waals surface area contributed by atoms with Crippen LogP contribution in [0.25, 0.3) is 11.2 Å². The maximum atomic E-state index is 12.1. The van der Waals surface area contributed by atoms with Crippen LogP contribution in [0.15, 0.2) is 12.7 Å². The summed E-state index contributed by atoms with van der Waals surface area (Å²) in [6.07, 6.45) is -3.56. The van der Waals surface area contributed by atoms with Gasteiger partial charge in [0.15, 0.2) is 17.7 Å². The summed E-state index contributed by atoms with van der Waals surface area (Å²) in [5.74, 6) is -0.543. The van der Waals surface area contributed by atoms with Gasteiger partial charge in [0.2, 0.25) is 5.91 Å². The number of carbonyl (C=O) groups excluding carboxylic acids is 1. The van der Waals surface area contributed by atoms with Crippen LogP contribution in [0.3, 0.4) is 0 Å². The predicted octanol–water partition coefficient (Wildman–Crippen LogP) is -4.17. The molecular weight excluding hydrogens is 595 g/mol. The second-order valence-corrected chi connectivity index (χ2v) is 12.0. The highest BCUT2D eigenvalue weighted by atomic mass is 31.3. The number of nitrogens with zero attached hydrogens (tertiary/aromatic N) is 4. The van der Waals surface area contributed by atoms with Crippen LogP contribution in [0.1, 0.15) is 6.23 Å². The minimum Gasteiger partial charge on any atom is -0.756 e. The maximum absolute atomic E-state index is 12.1. The lowest BCUT2D eigenvalue weighted by Gasteiger charge is -2.33. The Hall–Kier alpha value is -1.93. The summed E-state index contributed by atoms with van der Waals surface area (Å²) in [5.41, 5.74) is 6.06. The number of amides is 1. The van der Waals surface area contributed by atoms with Gasteiger partial charge in [0.25, 0.3) is 23.5 Å².